The zero-order valence-corrected chi connectivity index (χ0v) is 10.4. The number of carboxylic acids is 1. The van der Waals surface area contributed by atoms with Gasteiger partial charge in [-0.1, -0.05) is 0 Å². The number of nitrogens with zero attached hydrogens (tertiary/aromatic N) is 2. The molecule has 5 heteroatoms. The first-order chi connectivity index (χ1) is 7.91. The van der Waals surface area contributed by atoms with Gasteiger partial charge in [-0.15, -0.1) is 0 Å². The third kappa shape index (κ3) is 3.71. The molecule has 0 unspecified atom stereocenters. The first-order valence-electron chi connectivity index (χ1n) is 5.56. The fourth-order valence-corrected chi connectivity index (χ4v) is 1.36. The van der Waals surface area contributed by atoms with E-state index >= 15 is 0 Å². The van der Waals surface area contributed by atoms with Crippen molar-refractivity contribution in [2.75, 3.05) is 13.6 Å². The van der Waals surface area contributed by atoms with Crippen molar-refractivity contribution < 1.29 is 9.90 Å². The van der Waals surface area contributed by atoms with E-state index in [1.54, 1.807) is 0 Å². The van der Waals surface area contributed by atoms with Gasteiger partial charge in [-0.05, 0) is 27.0 Å². The summed E-state index contributed by atoms with van der Waals surface area (Å²) in [7, 11) is 1.97. The summed E-state index contributed by atoms with van der Waals surface area (Å²) in [5.74, 6) is -1.02. The molecule has 0 spiro atoms. The lowest BCUT2D eigenvalue weighted by Crippen LogP contribution is -2.32. The standard InChI is InChI=1S/C12H18N2O3/c1-9(2)13(3)6-7-14-8-10(12(16)17)4-5-11(14)15/h4-5,8-9H,6-7H2,1-3H3,(H,16,17). The Morgan fingerprint density at radius 3 is 2.65 bits per heavy atom. The van der Waals surface area contributed by atoms with Crippen LogP contribution in [0.5, 0.6) is 0 Å². The lowest BCUT2D eigenvalue weighted by atomic mass is 10.3. The molecule has 0 aliphatic rings. The van der Waals surface area contributed by atoms with Crippen molar-refractivity contribution in [2.45, 2.75) is 26.4 Å². The molecule has 0 aromatic carbocycles. The van der Waals surface area contributed by atoms with Crippen molar-refractivity contribution in [3.63, 3.8) is 0 Å². The van der Waals surface area contributed by atoms with Gasteiger partial charge in [0, 0.05) is 31.4 Å². The Balaban J connectivity index is 2.80. The van der Waals surface area contributed by atoms with Crippen LogP contribution >= 0.6 is 0 Å². The molecule has 17 heavy (non-hydrogen) atoms. The highest BCUT2D eigenvalue weighted by Crippen LogP contribution is 1.98. The Bertz CT molecular complexity index is 451. The fraction of sp³-hybridized carbons (Fsp3) is 0.500. The van der Waals surface area contributed by atoms with Gasteiger partial charge in [-0.25, -0.2) is 4.79 Å². The van der Waals surface area contributed by atoms with E-state index in [1.807, 2.05) is 7.05 Å². The SMILES string of the molecule is CC(C)N(C)CCn1cc(C(=O)O)ccc1=O. The van der Waals surface area contributed by atoms with Crippen LogP contribution in [0, 0.1) is 0 Å². The first kappa shape index (κ1) is 13.4. The summed E-state index contributed by atoms with van der Waals surface area (Å²) >= 11 is 0. The van der Waals surface area contributed by atoms with Crippen molar-refractivity contribution in [1.29, 1.82) is 0 Å². The van der Waals surface area contributed by atoms with Gasteiger partial charge in [-0.3, -0.25) is 4.79 Å². The van der Waals surface area contributed by atoms with Gasteiger partial charge in [0.25, 0.3) is 5.56 Å². The van der Waals surface area contributed by atoms with E-state index in [0.717, 1.165) is 0 Å². The maximum Gasteiger partial charge on any atom is 0.337 e. The average Bonchev–Trinajstić information content (AvgIpc) is 2.26. The maximum atomic E-state index is 11.5. The maximum absolute atomic E-state index is 11.5. The van der Waals surface area contributed by atoms with Crippen LogP contribution < -0.4 is 5.56 Å². The van der Waals surface area contributed by atoms with Crippen LogP contribution in [0.25, 0.3) is 0 Å². The molecule has 0 saturated heterocycles. The quantitative estimate of drug-likeness (QED) is 0.827. The second kappa shape index (κ2) is 5.63. The summed E-state index contributed by atoms with van der Waals surface area (Å²) in [5.41, 5.74) is -0.0380. The van der Waals surface area contributed by atoms with E-state index < -0.39 is 5.97 Å². The molecule has 1 heterocycles. The van der Waals surface area contributed by atoms with E-state index in [2.05, 4.69) is 18.7 Å². The Kier molecular flexibility index (Phi) is 4.45. The van der Waals surface area contributed by atoms with E-state index in [0.29, 0.717) is 19.1 Å². The van der Waals surface area contributed by atoms with E-state index in [1.165, 1.54) is 22.9 Å². The molecule has 1 aromatic rings. The number of pyridine rings is 1. The molecule has 5 nitrogen and oxygen atoms in total. The molecular weight excluding hydrogens is 220 g/mol. The minimum absolute atomic E-state index is 0.136. The largest absolute Gasteiger partial charge is 0.478 e. The van der Waals surface area contributed by atoms with Crippen LogP contribution in [-0.4, -0.2) is 40.2 Å². The number of carboxylic acid groups (broad SMARTS) is 1. The molecule has 0 fully saturated rings. The predicted molar refractivity (Wildman–Crippen MR) is 65.4 cm³/mol. The van der Waals surface area contributed by atoms with E-state index in [9.17, 15) is 9.59 Å². The lowest BCUT2D eigenvalue weighted by molar-refractivity contribution is 0.0695. The predicted octanol–water partition coefficient (Wildman–Crippen LogP) is 0.887. The Morgan fingerprint density at radius 2 is 2.12 bits per heavy atom. The van der Waals surface area contributed by atoms with Gasteiger partial charge in [0.1, 0.15) is 0 Å². The zero-order valence-electron chi connectivity index (χ0n) is 10.4. The molecule has 0 bridgehead atoms. The summed E-state index contributed by atoms with van der Waals surface area (Å²) in [5, 5.41) is 8.84. The van der Waals surface area contributed by atoms with Crippen molar-refractivity contribution in [3.8, 4) is 0 Å². The molecule has 0 aliphatic heterocycles. The van der Waals surface area contributed by atoms with Crippen LogP contribution in [0.1, 0.15) is 24.2 Å². The normalized spacial score (nSPS) is 11.1. The van der Waals surface area contributed by atoms with Gasteiger partial charge in [0.2, 0.25) is 0 Å². The van der Waals surface area contributed by atoms with E-state index in [4.69, 9.17) is 5.11 Å². The van der Waals surface area contributed by atoms with Crippen LogP contribution in [0.4, 0.5) is 0 Å². The number of aromatic nitrogens is 1. The zero-order chi connectivity index (χ0) is 13.0. The topological polar surface area (TPSA) is 62.5 Å². The number of hydrogen-bond donors (Lipinski definition) is 1. The summed E-state index contributed by atoms with van der Waals surface area (Å²) in [6, 6.07) is 3.01. The van der Waals surface area contributed by atoms with Gasteiger partial charge in [-0.2, -0.15) is 0 Å². The number of likely N-dealkylation sites (N-methyl/N-ethyl adjacent to an activating group) is 1. The van der Waals surface area contributed by atoms with Crippen molar-refractivity contribution in [1.82, 2.24) is 9.47 Å². The first-order valence-corrected chi connectivity index (χ1v) is 5.56. The Labute approximate surface area is 100 Å². The summed E-state index contributed by atoms with van der Waals surface area (Å²) in [4.78, 5) is 24.4. The lowest BCUT2D eigenvalue weighted by Gasteiger charge is -2.21. The van der Waals surface area contributed by atoms with Gasteiger partial charge in [0.15, 0.2) is 0 Å². The summed E-state index contributed by atoms with van der Waals surface area (Å²) in [6.07, 6.45) is 1.39. The molecule has 0 radical (unpaired) electrons. The number of hydrogen-bond acceptors (Lipinski definition) is 3. The molecule has 0 amide bonds. The van der Waals surface area contributed by atoms with Crippen molar-refractivity contribution in [3.05, 3.63) is 34.2 Å². The van der Waals surface area contributed by atoms with Gasteiger partial charge < -0.3 is 14.6 Å². The smallest absolute Gasteiger partial charge is 0.337 e. The van der Waals surface area contributed by atoms with Crippen LogP contribution in [0.3, 0.4) is 0 Å². The van der Waals surface area contributed by atoms with Crippen LogP contribution in [-0.2, 0) is 6.54 Å². The Morgan fingerprint density at radius 1 is 1.47 bits per heavy atom. The monoisotopic (exact) mass is 238 g/mol. The second-order valence-corrected chi connectivity index (χ2v) is 4.33. The Hall–Kier alpha value is -1.62. The summed E-state index contributed by atoms with van der Waals surface area (Å²) in [6.45, 7) is 5.34. The number of carbonyl (C=O) groups is 1. The highest BCUT2D eigenvalue weighted by Gasteiger charge is 2.07. The number of aromatic carboxylic acids is 1. The summed E-state index contributed by atoms with van der Waals surface area (Å²) < 4.78 is 1.43. The van der Waals surface area contributed by atoms with Gasteiger partial charge >= 0.3 is 5.97 Å². The second-order valence-electron chi connectivity index (χ2n) is 4.33. The van der Waals surface area contributed by atoms with Gasteiger partial charge in [0.05, 0.1) is 5.56 Å². The van der Waals surface area contributed by atoms with Crippen molar-refractivity contribution >= 4 is 5.97 Å². The molecule has 1 aromatic heterocycles. The van der Waals surface area contributed by atoms with Crippen molar-refractivity contribution in [2.24, 2.45) is 0 Å². The minimum atomic E-state index is -1.02. The average molecular weight is 238 g/mol. The highest BCUT2D eigenvalue weighted by atomic mass is 16.4. The molecule has 0 atom stereocenters. The molecule has 94 valence electrons. The van der Waals surface area contributed by atoms with E-state index in [-0.39, 0.29) is 11.1 Å². The fourth-order valence-electron chi connectivity index (χ4n) is 1.36. The van der Waals surface area contributed by atoms with Crippen LogP contribution in [0.15, 0.2) is 23.1 Å². The highest BCUT2D eigenvalue weighted by molar-refractivity contribution is 5.87. The minimum Gasteiger partial charge on any atom is -0.478 e. The van der Waals surface area contributed by atoms with Crippen LogP contribution in [0.2, 0.25) is 0 Å². The third-order valence-electron chi connectivity index (χ3n) is 2.81. The third-order valence-corrected chi connectivity index (χ3v) is 2.81. The molecule has 1 N–H and O–H groups in total. The molecule has 0 saturated carbocycles. The number of rotatable bonds is 5. The molecule has 0 aliphatic carbocycles. The molecular formula is C12H18N2O3. The molecule has 1 rings (SSSR count).